The number of cyclic esters (lactones) is 1. The summed E-state index contributed by atoms with van der Waals surface area (Å²) in [4.78, 5) is 29.1. The Morgan fingerprint density at radius 2 is 1.94 bits per heavy atom. The molecule has 3 aliphatic heterocycles. The number of aliphatic hydroxyl groups is 1. The lowest BCUT2D eigenvalue weighted by molar-refractivity contribution is 0.0503. The van der Waals surface area contributed by atoms with E-state index in [0.29, 0.717) is 18.7 Å². The van der Waals surface area contributed by atoms with E-state index in [1.165, 1.54) is 6.33 Å². The summed E-state index contributed by atoms with van der Waals surface area (Å²) in [6.45, 7) is 4.94. The summed E-state index contributed by atoms with van der Waals surface area (Å²) in [5.74, 6) is -0.219. The van der Waals surface area contributed by atoms with Gasteiger partial charge in [0.2, 0.25) is 0 Å². The fourth-order valence-corrected chi connectivity index (χ4v) is 5.53. The average Bonchev–Trinajstić information content (AvgIpc) is 3.60. The van der Waals surface area contributed by atoms with E-state index in [1.54, 1.807) is 10.7 Å². The van der Waals surface area contributed by atoms with Crippen LogP contribution in [0.4, 0.5) is 0 Å². The van der Waals surface area contributed by atoms with Crippen LogP contribution >= 0.6 is 0 Å². The minimum absolute atomic E-state index is 0.0762. The average molecular weight is 475 g/mol. The first kappa shape index (κ1) is 21.9. The number of esters is 1. The summed E-state index contributed by atoms with van der Waals surface area (Å²) in [6, 6.07) is 9.46. The number of tetrazole rings is 1. The molecule has 180 valence electrons. The van der Waals surface area contributed by atoms with Gasteiger partial charge in [0.15, 0.2) is 0 Å². The number of aliphatic hydroxyl groups excluding tert-OH is 1. The molecule has 0 aliphatic carbocycles. The van der Waals surface area contributed by atoms with E-state index < -0.39 is 6.10 Å². The van der Waals surface area contributed by atoms with Gasteiger partial charge in [0.25, 0.3) is 5.91 Å². The van der Waals surface area contributed by atoms with E-state index in [9.17, 15) is 14.7 Å². The van der Waals surface area contributed by atoms with Crippen molar-refractivity contribution in [1.82, 2.24) is 30.0 Å². The van der Waals surface area contributed by atoms with Crippen LogP contribution in [0.25, 0.3) is 5.69 Å². The number of carbonyl (C=O) groups excluding carboxylic acids is 2. The maximum Gasteiger partial charge on any atom is 0.338 e. The minimum Gasteiger partial charge on any atom is -0.457 e. The van der Waals surface area contributed by atoms with E-state index in [0.717, 1.165) is 59.4 Å². The second-order valence-corrected chi connectivity index (χ2v) is 9.46. The smallest absolute Gasteiger partial charge is 0.338 e. The quantitative estimate of drug-likeness (QED) is 0.557. The van der Waals surface area contributed by atoms with Crippen molar-refractivity contribution in [2.24, 2.45) is 0 Å². The van der Waals surface area contributed by atoms with Gasteiger partial charge < -0.3 is 19.6 Å². The van der Waals surface area contributed by atoms with E-state index in [2.05, 4.69) is 20.4 Å². The molecule has 1 saturated heterocycles. The Morgan fingerprint density at radius 1 is 1.14 bits per heavy atom. The van der Waals surface area contributed by atoms with Gasteiger partial charge in [0.1, 0.15) is 12.9 Å². The van der Waals surface area contributed by atoms with Crippen LogP contribution in [0.3, 0.4) is 0 Å². The highest BCUT2D eigenvalue weighted by molar-refractivity contribution is 5.98. The number of amides is 1. The molecule has 0 bridgehead atoms. The molecule has 3 aliphatic rings. The van der Waals surface area contributed by atoms with Crippen LogP contribution in [0.1, 0.15) is 61.9 Å². The lowest BCUT2D eigenvalue weighted by Gasteiger charge is -2.37. The second kappa shape index (κ2) is 8.54. The number of nitrogens with zero attached hydrogens (tertiary/aromatic N) is 6. The Balaban J connectivity index is 1.08. The molecule has 6 rings (SSSR count). The van der Waals surface area contributed by atoms with Gasteiger partial charge >= 0.3 is 5.97 Å². The molecular weight excluding hydrogens is 448 g/mol. The summed E-state index contributed by atoms with van der Waals surface area (Å²) in [7, 11) is 0. The van der Waals surface area contributed by atoms with Crippen molar-refractivity contribution >= 4 is 11.9 Å². The third-order valence-corrected chi connectivity index (χ3v) is 7.53. The molecular formula is C25H26N6O4. The molecule has 35 heavy (non-hydrogen) atoms. The first-order valence-electron chi connectivity index (χ1n) is 11.9. The number of aromatic nitrogens is 4. The maximum absolute atomic E-state index is 13.1. The number of carbonyl (C=O) groups is 2. The largest absolute Gasteiger partial charge is 0.457 e. The summed E-state index contributed by atoms with van der Waals surface area (Å²) >= 11 is 0. The summed E-state index contributed by atoms with van der Waals surface area (Å²) in [6.07, 6.45) is 2.61. The minimum atomic E-state index is -0.644. The number of β-amino-alcohol motifs (C(OH)–C–C–N with tert-alkyl or cyclic N) is 1. The van der Waals surface area contributed by atoms with Crippen LogP contribution < -0.4 is 0 Å². The summed E-state index contributed by atoms with van der Waals surface area (Å²) in [5, 5.41) is 22.2. The van der Waals surface area contributed by atoms with Crippen molar-refractivity contribution in [3.05, 3.63) is 70.0 Å². The molecule has 3 aromatic rings. The van der Waals surface area contributed by atoms with Crippen LogP contribution in [0, 0.1) is 6.92 Å². The molecule has 0 spiro atoms. The zero-order valence-corrected chi connectivity index (χ0v) is 19.4. The summed E-state index contributed by atoms with van der Waals surface area (Å²) in [5.41, 5.74) is 5.82. The molecule has 2 aromatic carbocycles. The van der Waals surface area contributed by atoms with E-state index in [4.69, 9.17) is 4.74 Å². The number of fused-ring (bicyclic) bond motifs is 2. The van der Waals surface area contributed by atoms with Gasteiger partial charge in [-0.1, -0.05) is 6.07 Å². The van der Waals surface area contributed by atoms with Gasteiger partial charge in [-0.25, -0.2) is 9.48 Å². The lowest BCUT2D eigenvalue weighted by Crippen LogP contribution is -2.45. The SMILES string of the molecule is Cc1c([C@H](O)CN2CCC(N3Cc4cc(-n5cnnn5)ccc4C3=O)CC2)ccc2c1COC2=O. The van der Waals surface area contributed by atoms with Crippen molar-refractivity contribution in [2.75, 3.05) is 19.6 Å². The van der Waals surface area contributed by atoms with Gasteiger partial charge in [-0.15, -0.1) is 5.10 Å². The van der Waals surface area contributed by atoms with Crippen LogP contribution in [-0.4, -0.2) is 72.7 Å². The number of hydrogen-bond acceptors (Lipinski definition) is 8. The van der Waals surface area contributed by atoms with Crippen molar-refractivity contribution < 1.29 is 19.4 Å². The molecule has 1 amide bonds. The zero-order chi connectivity index (χ0) is 24.1. The molecule has 1 aromatic heterocycles. The Labute approximate surface area is 202 Å². The normalized spacial score (nSPS) is 19.1. The van der Waals surface area contributed by atoms with Crippen LogP contribution in [0.5, 0.6) is 0 Å². The molecule has 10 nitrogen and oxygen atoms in total. The predicted octanol–water partition coefficient (Wildman–Crippen LogP) is 1.79. The van der Waals surface area contributed by atoms with Gasteiger partial charge in [-0.3, -0.25) is 4.79 Å². The van der Waals surface area contributed by atoms with Crippen molar-refractivity contribution in [3.8, 4) is 5.69 Å². The fraction of sp³-hybridized carbons (Fsp3) is 0.400. The monoisotopic (exact) mass is 474 g/mol. The van der Waals surface area contributed by atoms with Crippen LogP contribution in [0.2, 0.25) is 0 Å². The number of piperidine rings is 1. The maximum atomic E-state index is 13.1. The standard InChI is InChI=1S/C25H26N6O4/c1-15-19(4-5-21-22(15)13-35-25(21)34)23(32)12-29-8-6-17(7-9-29)30-11-16-10-18(31-14-26-27-28-31)2-3-20(16)24(30)33/h2-5,10,14,17,23,32H,6-9,11-13H2,1H3/t23-/m1/s1. The molecule has 0 unspecified atom stereocenters. The number of hydrogen-bond donors (Lipinski definition) is 1. The first-order chi connectivity index (χ1) is 17.0. The topological polar surface area (TPSA) is 114 Å². The Kier molecular flexibility index (Phi) is 5.34. The third kappa shape index (κ3) is 3.78. The fourth-order valence-electron chi connectivity index (χ4n) is 5.53. The molecule has 0 saturated carbocycles. The van der Waals surface area contributed by atoms with E-state index in [1.807, 2.05) is 36.1 Å². The number of ether oxygens (including phenoxy) is 1. The van der Waals surface area contributed by atoms with Crippen LogP contribution in [-0.2, 0) is 17.9 Å². The van der Waals surface area contributed by atoms with E-state index >= 15 is 0 Å². The number of rotatable bonds is 5. The highest BCUT2D eigenvalue weighted by Gasteiger charge is 2.35. The molecule has 10 heteroatoms. The second-order valence-electron chi connectivity index (χ2n) is 9.46. The Hall–Kier alpha value is -3.63. The number of likely N-dealkylation sites (tertiary alicyclic amines) is 1. The molecule has 1 fully saturated rings. The highest BCUT2D eigenvalue weighted by Crippen LogP contribution is 2.32. The first-order valence-corrected chi connectivity index (χ1v) is 11.9. The van der Waals surface area contributed by atoms with Crippen molar-refractivity contribution in [2.45, 2.75) is 45.1 Å². The molecule has 1 N–H and O–H groups in total. The molecule has 1 atom stereocenters. The summed E-state index contributed by atoms with van der Waals surface area (Å²) < 4.78 is 6.72. The molecule has 0 radical (unpaired) electrons. The highest BCUT2D eigenvalue weighted by atomic mass is 16.5. The van der Waals surface area contributed by atoms with Crippen molar-refractivity contribution in [3.63, 3.8) is 0 Å². The number of benzene rings is 2. The zero-order valence-electron chi connectivity index (χ0n) is 19.4. The third-order valence-electron chi connectivity index (χ3n) is 7.53. The Morgan fingerprint density at radius 3 is 2.71 bits per heavy atom. The van der Waals surface area contributed by atoms with Crippen LogP contribution in [0.15, 0.2) is 36.7 Å². The van der Waals surface area contributed by atoms with Crippen molar-refractivity contribution in [1.29, 1.82) is 0 Å². The van der Waals surface area contributed by atoms with Gasteiger partial charge in [0.05, 0.1) is 17.4 Å². The lowest BCUT2D eigenvalue weighted by atomic mass is 9.94. The van der Waals surface area contributed by atoms with Gasteiger partial charge in [-0.2, -0.15) is 0 Å². The predicted molar refractivity (Wildman–Crippen MR) is 124 cm³/mol. The Bertz CT molecular complexity index is 1300. The van der Waals surface area contributed by atoms with Gasteiger partial charge in [0, 0.05) is 43.3 Å². The van der Waals surface area contributed by atoms with Gasteiger partial charge in [-0.05, 0) is 71.1 Å². The molecule has 4 heterocycles. The van der Waals surface area contributed by atoms with E-state index in [-0.39, 0.29) is 24.5 Å².